The van der Waals surface area contributed by atoms with Gasteiger partial charge in [-0.3, -0.25) is 14.8 Å². The van der Waals surface area contributed by atoms with Gasteiger partial charge >= 0.3 is 0 Å². The predicted molar refractivity (Wildman–Crippen MR) is 150 cm³/mol. The fourth-order valence-electron chi connectivity index (χ4n) is 7.27. The van der Waals surface area contributed by atoms with Crippen molar-refractivity contribution in [3.63, 3.8) is 0 Å². The summed E-state index contributed by atoms with van der Waals surface area (Å²) in [5.41, 5.74) is 3.28. The van der Waals surface area contributed by atoms with E-state index < -0.39 is 0 Å². The Balaban J connectivity index is 1.48. The molecule has 0 amide bonds. The Morgan fingerprint density at radius 1 is 1.11 bits per heavy atom. The van der Waals surface area contributed by atoms with Gasteiger partial charge in [-0.2, -0.15) is 0 Å². The lowest BCUT2D eigenvalue weighted by molar-refractivity contribution is -0.00738. The second-order valence-electron chi connectivity index (χ2n) is 13.3. The van der Waals surface area contributed by atoms with Crippen LogP contribution < -0.4 is 4.90 Å². The molecule has 3 aliphatic rings. The zero-order chi connectivity index (χ0) is 25.4. The highest BCUT2D eigenvalue weighted by atomic mass is 35.5. The van der Waals surface area contributed by atoms with Crippen LogP contribution in [0.3, 0.4) is 0 Å². The van der Waals surface area contributed by atoms with Crippen LogP contribution in [0.2, 0.25) is 5.02 Å². The number of pyridine rings is 1. The SMILES string of the molecule is CCC1(C(C)C)CCCN(C2CCN(C)C(c3cc(N4CCC(C(C)(C)C)CC4)c(Cl)cn3)C2)C1. The molecule has 1 aromatic heterocycles. The standard InChI is InChI=1S/C30H51ClN4/c1-8-30(22(2)3)13-9-14-35(21-30)24-12-15-33(7)28(18-24)26-19-27(25(31)20-32-26)34-16-10-23(11-17-34)29(4,5)6/h19-20,22-24,28H,8-18,21H2,1-7H3. The van der Waals surface area contributed by atoms with Crippen molar-refractivity contribution in [1.82, 2.24) is 14.8 Å². The Kier molecular flexibility index (Phi) is 8.45. The first-order valence-corrected chi connectivity index (χ1v) is 14.8. The van der Waals surface area contributed by atoms with E-state index in [4.69, 9.17) is 16.6 Å². The van der Waals surface area contributed by atoms with Gasteiger partial charge in [-0.25, -0.2) is 0 Å². The minimum Gasteiger partial charge on any atom is -0.370 e. The lowest BCUT2D eigenvalue weighted by atomic mass is 9.69. The first-order valence-electron chi connectivity index (χ1n) is 14.4. The molecule has 4 nitrogen and oxygen atoms in total. The van der Waals surface area contributed by atoms with Crippen LogP contribution in [0.1, 0.15) is 98.2 Å². The quantitative estimate of drug-likeness (QED) is 0.421. The number of rotatable bonds is 5. The summed E-state index contributed by atoms with van der Waals surface area (Å²) in [6.07, 6.45) is 10.9. The van der Waals surface area contributed by atoms with E-state index in [2.05, 4.69) is 69.4 Å². The topological polar surface area (TPSA) is 22.6 Å². The van der Waals surface area contributed by atoms with Gasteiger partial charge in [0.1, 0.15) is 0 Å². The van der Waals surface area contributed by atoms with Gasteiger partial charge in [0, 0.05) is 31.9 Å². The molecule has 0 spiro atoms. The number of aromatic nitrogens is 1. The van der Waals surface area contributed by atoms with Crippen LogP contribution >= 0.6 is 11.6 Å². The normalized spacial score (nSPS) is 30.3. The molecule has 35 heavy (non-hydrogen) atoms. The number of halogens is 1. The zero-order valence-electron chi connectivity index (χ0n) is 23.6. The molecule has 3 aliphatic heterocycles. The number of hydrogen-bond donors (Lipinski definition) is 0. The fourth-order valence-corrected chi connectivity index (χ4v) is 7.50. The highest BCUT2D eigenvalue weighted by Gasteiger charge is 2.41. The second kappa shape index (κ2) is 10.9. The summed E-state index contributed by atoms with van der Waals surface area (Å²) in [4.78, 5) is 12.8. The highest BCUT2D eigenvalue weighted by molar-refractivity contribution is 6.33. The van der Waals surface area contributed by atoms with Crippen molar-refractivity contribution in [3.8, 4) is 0 Å². The molecule has 4 rings (SSSR count). The van der Waals surface area contributed by atoms with Crippen LogP contribution in [0.25, 0.3) is 0 Å². The van der Waals surface area contributed by atoms with Crippen LogP contribution in [0.15, 0.2) is 12.3 Å². The molecule has 0 radical (unpaired) electrons. The maximum atomic E-state index is 6.73. The molecule has 3 fully saturated rings. The smallest absolute Gasteiger partial charge is 0.0822 e. The summed E-state index contributed by atoms with van der Waals surface area (Å²) in [7, 11) is 2.28. The van der Waals surface area contributed by atoms with Crippen molar-refractivity contribution in [3.05, 3.63) is 23.0 Å². The van der Waals surface area contributed by atoms with Crippen LogP contribution in [0.5, 0.6) is 0 Å². The predicted octanol–water partition coefficient (Wildman–Crippen LogP) is 7.28. The van der Waals surface area contributed by atoms with Gasteiger partial charge in [-0.15, -0.1) is 0 Å². The fraction of sp³-hybridized carbons (Fsp3) is 0.833. The monoisotopic (exact) mass is 502 g/mol. The second-order valence-corrected chi connectivity index (χ2v) is 13.7. The zero-order valence-corrected chi connectivity index (χ0v) is 24.4. The molecule has 1 aromatic rings. The van der Waals surface area contributed by atoms with E-state index in [1.807, 2.05) is 6.20 Å². The molecule has 5 heteroatoms. The van der Waals surface area contributed by atoms with Gasteiger partial charge in [0.05, 0.1) is 22.4 Å². The van der Waals surface area contributed by atoms with E-state index in [1.54, 1.807) is 0 Å². The Morgan fingerprint density at radius 3 is 2.46 bits per heavy atom. The maximum absolute atomic E-state index is 6.73. The largest absolute Gasteiger partial charge is 0.370 e. The average molecular weight is 503 g/mol. The molecule has 0 N–H and O–H groups in total. The van der Waals surface area contributed by atoms with Crippen molar-refractivity contribution >= 4 is 17.3 Å². The van der Waals surface area contributed by atoms with E-state index in [1.165, 1.54) is 69.4 Å². The van der Waals surface area contributed by atoms with Gasteiger partial charge in [0.2, 0.25) is 0 Å². The van der Waals surface area contributed by atoms with Gasteiger partial charge < -0.3 is 4.90 Å². The van der Waals surface area contributed by atoms with Crippen LogP contribution in [-0.4, -0.2) is 60.6 Å². The van der Waals surface area contributed by atoms with Crippen LogP contribution in [0.4, 0.5) is 5.69 Å². The average Bonchev–Trinajstić information content (AvgIpc) is 2.84. The van der Waals surface area contributed by atoms with E-state index in [-0.39, 0.29) is 0 Å². The summed E-state index contributed by atoms with van der Waals surface area (Å²) in [6, 6.07) is 3.35. The molecular formula is C30H51ClN4. The Morgan fingerprint density at radius 2 is 1.83 bits per heavy atom. The van der Waals surface area contributed by atoms with Gasteiger partial charge in [-0.05, 0) is 93.8 Å². The summed E-state index contributed by atoms with van der Waals surface area (Å²) in [5, 5.41) is 0.804. The minimum atomic E-state index is 0.369. The first-order chi connectivity index (χ1) is 16.5. The van der Waals surface area contributed by atoms with Crippen molar-refractivity contribution in [2.75, 3.05) is 44.7 Å². The molecule has 3 unspecified atom stereocenters. The Bertz CT molecular complexity index is 841. The number of hydrogen-bond acceptors (Lipinski definition) is 4. The van der Waals surface area contributed by atoms with E-state index in [0.717, 1.165) is 36.5 Å². The minimum absolute atomic E-state index is 0.369. The first kappa shape index (κ1) is 27.2. The molecule has 0 saturated carbocycles. The number of likely N-dealkylation sites (tertiary alicyclic amines) is 2. The third-order valence-electron chi connectivity index (χ3n) is 10.2. The van der Waals surface area contributed by atoms with Crippen molar-refractivity contribution in [1.29, 1.82) is 0 Å². The lowest BCUT2D eigenvalue weighted by Crippen LogP contribution is -2.53. The Labute approximate surface area is 220 Å². The Hall–Kier alpha value is -0.840. The third-order valence-corrected chi connectivity index (χ3v) is 10.5. The molecule has 0 bridgehead atoms. The summed E-state index contributed by atoms with van der Waals surface area (Å²) < 4.78 is 0. The maximum Gasteiger partial charge on any atom is 0.0822 e. The molecule has 3 saturated heterocycles. The highest BCUT2D eigenvalue weighted by Crippen LogP contribution is 2.43. The summed E-state index contributed by atoms with van der Waals surface area (Å²) in [6.45, 7) is 20.3. The molecule has 0 aromatic carbocycles. The number of nitrogens with zero attached hydrogens (tertiary/aromatic N) is 4. The molecule has 4 heterocycles. The van der Waals surface area contributed by atoms with Gasteiger partial charge in [-0.1, -0.05) is 53.1 Å². The number of anilines is 1. The van der Waals surface area contributed by atoms with E-state index >= 15 is 0 Å². The lowest BCUT2D eigenvalue weighted by Gasteiger charge is -2.50. The summed E-state index contributed by atoms with van der Waals surface area (Å²) >= 11 is 6.73. The van der Waals surface area contributed by atoms with E-state index in [0.29, 0.717) is 22.9 Å². The van der Waals surface area contributed by atoms with Gasteiger partial charge in [0.15, 0.2) is 0 Å². The van der Waals surface area contributed by atoms with Gasteiger partial charge in [0.25, 0.3) is 0 Å². The van der Waals surface area contributed by atoms with Crippen molar-refractivity contribution < 1.29 is 0 Å². The number of piperidine rings is 3. The van der Waals surface area contributed by atoms with E-state index in [9.17, 15) is 0 Å². The summed E-state index contributed by atoms with van der Waals surface area (Å²) in [5.74, 6) is 1.54. The van der Waals surface area contributed by atoms with Crippen LogP contribution in [0, 0.1) is 22.7 Å². The van der Waals surface area contributed by atoms with Crippen LogP contribution in [-0.2, 0) is 0 Å². The molecule has 3 atom stereocenters. The molecule has 0 aliphatic carbocycles. The van der Waals surface area contributed by atoms with Crippen molar-refractivity contribution in [2.45, 2.75) is 98.6 Å². The third kappa shape index (κ3) is 5.85. The van der Waals surface area contributed by atoms with Crippen molar-refractivity contribution in [2.24, 2.45) is 22.7 Å². The molecule has 198 valence electrons. The molecular weight excluding hydrogens is 452 g/mol.